The summed E-state index contributed by atoms with van der Waals surface area (Å²) < 4.78 is 0. The standard InChI is InChI=1S/2C11H22O/c2*1-11(2,12)9-8-10-6-4-3-5-7-10/h2*10,12H,3-9H2,1-2H3. The lowest BCUT2D eigenvalue weighted by atomic mass is 9.84. The van der Waals surface area contributed by atoms with Crippen LogP contribution in [0.4, 0.5) is 0 Å². The summed E-state index contributed by atoms with van der Waals surface area (Å²) in [6.07, 6.45) is 18.5. The van der Waals surface area contributed by atoms with Gasteiger partial charge in [-0.3, -0.25) is 0 Å². The van der Waals surface area contributed by atoms with Gasteiger partial charge in [0.05, 0.1) is 11.2 Å². The third-order valence-corrected chi connectivity index (χ3v) is 5.78. The maximum Gasteiger partial charge on any atom is 0.0591 e. The summed E-state index contributed by atoms with van der Waals surface area (Å²) in [6.45, 7) is 7.65. The average Bonchev–Trinajstić information content (AvgIpc) is 2.52. The molecule has 0 aromatic heterocycles. The van der Waals surface area contributed by atoms with Gasteiger partial charge in [0, 0.05) is 0 Å². The highest BCUT2D eigenvalue weighted by molar-refractivity contribution is 4.72. The van der Waals surface area contributed by atoms with Gasteiger partial charge in [-0.2, -0.15) is 0 Å². The number of hydrogen-bond donors (Lipinski definition) is 2. The van der Waals surface area contributed by atoms with Gasteiger partial charge in [-0.05, 0) is 65.2 Å². The van der Waals surface area contributed by atoms with Crippen molar-refractivity contribution in [3.05, 3.63) is 0 Å². The smallest absolute Gasteiger partial charge is 0.0591 e. The molecular weight excluding hydrogens is 296 g/mol. The molecule has 0 saturated heterocycles. The summed E-state index contributed by atoms with van der Waals surface area (Å²) in [5.74, 6) is 1.82. The molecule has 2 saturated carbocycles. The Labute approximate surface area is 151 Å². The Bertz CT molecular complexity index is 267. The SMILES string of the molecule is CC(C)(O)CCC1CCCCC1.CC(C)(O)CCC1CCCCC1. The van der Waals surface area contributed by atoms with E-state index in [1.54, 1.807) is 0 Å². The van der Waals surface area contributed by atoms with Crippen LogP contribution in [0, 0.1) is 11.8 Å². The van der Waals surface area contributed by atoms with E-state index in [0.717, 1.165) is 24.7 Å². The summed E-state index contributed by atoms with van der Waals surface area (Å²) in [7, 11) is 0. The molecule has 2 rings (SSSR count). The van der Waals surface area contributed by atoms with Crippen molar-refractivity contribution < 1.29 is 10.2 Å². The molecule has 0 aliphatic heterocycles. The normalized spacial score (nSPS) is 21.2. The fourth-order valence-corrected chi connectivity index (χ4v) is 4.07. The average molecular weight is 341 g/mol. The first kappa shape index (κ1) is 22.0. The van der Waals surface area contributed by atoms with Gasteiger partial charge in [-0.15, -0.1) is 0 Å². The highest BCUT2D eigenvalue weighted by Crippen LogP contribution is 2.30. The van der Waals surface area contributed by atoms with Crippen molar-refractivity contribution in [2.24, 2.45) is 11.8 Å². The first-order chi connectivity index (χ1) is 11.2. The summed E-state index contributed by atoms with van der Waals surface area (Å²) in [4.78, 5) is 0. The summed E-state index contributed by atoms with van der Waals surface area (Å²) in [6, 6.07) is 0. The van der Waals surface area contributed by atoms with Crippen LogP contribution in [0.5, 0.6) is 0 Å². The van der Waals surface area contributed by atoms with Crippen molar-refractivity contribution in [1.29, 1.82) is 0 Å². The van der Waals surface area contributed by atoms with E-state index in [-0.39, 0.29) is 0 Å². The molecule has 0 amide bonds. The second kappa shape index (κ2) is 10.8. The van der Waals surface area contributed by atoms with Crippen molar-refractivity contribution in [3.63, 3.8) is 0 Å². The Kier molecular flexibility index (Phi) is 9.89. The molecule has 144 valence electrons. The van der Waals surface area contributed by atoms with E-state index in [0.29, 0.717) is 0 Å². The summed E-state index contributed by atoms with van der Waals surface area (Å²) in [5.41, 5.74) is -0.894. The quantitative estimate of drug-likeness (QED) is 0.601. The van der Waals surface area contributed by atoms with E-state index in [4.69, 9.17) is 0 Å². The van der Waals surface area contributed by atoms with Gasteiger partial charge in [0.15, 0.2) is 0 Å². The zero-order valence-corrected chi connectivity index (χ0v) is 16.9. The molecule has 0 atom stereocenters. The number of hydrogen-bond acceptors (Lipinski definition) is 2. The number of rotatable bonds is 6. The van der Waals surface area contributed by atoms with Crippen molar-refractivity contribution >= 4 is 0 Å². The summed E-state index contributed by atoms with van der Waals surface area (Å²) >= 11 is 0. The Morgan fingerprint density at radius 2 is 0.875 bits per heavy atom. The molecule has 2 fully saturated rings. The van der Waals surface area contributed by atoms with Gasteiger partial charge < -0.3 is 10.2 Å². The molecule has 2 aliphatic carbocycles. The number of aliphatic hydroxyl groups is 2. The largest absolute Gasteiger partial charge is 0.390 e. The maximum absolute atomic E-state index is 9.55. The molecule has 24 heavy (non-hydrogen) atoms. The van der Waals surface area contributed by atoms with Crippen LogP contribution in [0.25, 0.3) is 0 Å². The molecular formula is C22H44O2. The zero-order valence-electron chi connectivity index (χ0n) is 16.9. The Balaban J connectivity index is 0.000000240. The fraction of sp³-hybridized carbons (Fsp3) is 1.00. The van der Waals surface area contributed by atoms with Crippen molar-refractivity contribution in [1.82, 2.24) is 0 Å². The monoisotopic (exact) mass is 340 g/mol. The van der Waals surface area contributed by atoms with Crippen LogP contribution < -0.4 is 0 Å². The van der Waals surface area contributed by atoms with E-state index >= 15 is 0 Å². The van der Waals surface area contributed by atoms with E-state index in [1.807, 2.05) is 27.7 Å². The van der Waals surface area contributed by atoms with Crippen LogP contribution in [-0.2, 0) is 0 Å². The topological polar surface area (TPSA) is 40.5 Å². The fourth-order valence-electron chi connectivity index (χ4n) is 4.07. The Hall–Kier alpha value is -0.0800. The van der Waals surface area contributed by atoms with Crippen LogP contribution in [0.15, 0.2) is 0 Å². The molecule has 2 heteroatoms. The predicted octanol–water partition coefficient (Wildman–Crippen LogP) is 6.24. The predicted molar refractivity (Wildman–Crippen MR) is 104 cm³/mol. The van der Waals surface area contributed by atoms with Crippen LogP contribution in [0.1, 0.15) is 118 Å². The van der Waals surface area contributed by atoms with Crippen molar-refractivity contribution in [2.75, 3.05) is 0 Å². The molecule has 0 bridgehead atoms. The molecule has 2 aliphatic rings. The third-order valence-electron chi connectivity index (χ3n) is 5.78. The molecule has 2 N–H and O–H groups in total. The second-order valence-corrected chi connectivity index (χ2v) is 9.71. The van der Waals surface area contributed by atoms with Gasteiger partial charge in [0.1, 0.15) is 0 Å². The minimum atomic E-state index is -0.447. The van der Waals surface area contributed by atoms with Crippen LogP contribution >= 0.6 is 0 Å². The first-order valence-corrected chi connectivity index (χ1v) is 10.6. The highest BCUT2D eigenvalue weighted by Gasteiger charge is 2.19. The van der Waals surface area contributed by atoms with Crippen molar-refractivity contribution in [3.8, 4) is 0 Å². The molecule has 0 unspecified atom stereocenters. The van der Waals surface area contributed by atoms with Crippen molar-refractivity contribution in [2.45, 2.75) is 129 Å². The lowest BCUT2D eigenvalue weighted by Gasteiger charge is -2.25. The van der Waals surface area contributed by atoms with E-state index in [9.17, 15) is 10.2 Å². The molecule has 0 heterocycles. The second-order valence-electron chi connectivity index (χ2n) is 9.71. The van der Waals surface area contributed by atoms with E-state index < -0.39 is 11.2 Å². The maximum atomic E-state index is 9.55. The van der Waals surface area contributed by atoms with E-state index in [2.05, 4.69) is 0 Å². The molecule has 0 radical (unpaired) electrons. The van der Waals surface area contributed by atoms with Crippen LogP contribution in [0.2, 0.25) is 0 Å². The van der Waals surface area contributed by atoms with Gasteiger partial charge in [-0.25, -0.2) is 0 Å². The lowest BCUT2D eigenvalue weighted by Crippen LogP contribution is -2.20. The minimum absolute atomic E-state index is 0.447. The van der Waals surface area contributed by atoms with Gasteiger partial charge in [0.2, 0.25) is 0 Å². The van der Waals surface area contributed by atoms with Crippen LogP contribution in [0.3, 0.4) is 0 Å². The van der Waals surface area contributed by atoms with Gasteiger partial charge >= 0.3 is 0 Å². The highest BCUT2D eigenvalue weighted by atomic mass is 16.3. The third kappa shape index (κ3) is 12.3. The van der Waals surface area contributed by atoms with E-state index in [1.165, 1.54) is 77.0 Å². The lowest BCUT2D eigenvalue weighted by molar-refractivity contribution is 0.0607. The summed E-state index contributed by atoms with van der Waals surface area (Å²) in [5, 5.41) is 19.1. The molecule has 0 aromatic rings. The first-order valence-electron chi connectivity index (χ1n) is 10.6. The Morgan fingerprint density at radius 1 is 0.583 bits per heavy atom. The molecule has 2 nitrogen and oxygen atoms in total. The minimum Gasteiger partial charge on any atom is -0.390 e. The molecule has 0 spiro atoms. The van der Waals surface area contributed by atoms with Gasteiger partial charge in [0.25, 0.3) is 0 Å². The Morgan fingerprint density at radius 3 is 1.12 bits per heavy atom. The zero-order chi connectivity index (χ0) is 18.1. The molecule has 0 aromatic carbocycles. The van der Waals surface area contributed by atoms with Gasteiger partial charge in [-0.1, -0.05) is 64.2 Å². The van der Waals surface area contributed by atoms with Crippen LogP contribution in [-0.4, -0.2) is 21.4 Å².